The Bertz CT molecular complexity index is 4010. The Kier molecular flexibility index (Phi) is 22.5. The van der Waals surface area contributed by atoms with Gasteiger partial charge in [-0.05, 0) is 113 Å². The summed E-state index contributed by atoms with van der Waals surface area (Å²) >= 11 is 0. The summed E-state index contributed by atoms with van der Waals surface area (Å²) in [4.78, 5) is 31.4. The normalized spacial score (nSPS) is 12.4. The molecule has 3 heterocycles. The fraction of sp³-hybridized carbons (Fsp3) is 0.280. The summed E-state index contributed by atoms with van der Waals surface area (Å²) in [6, 6.07) is 56.9. The second-order valence-corrected chi connectivity index (χ2v) is 23.9. The molecule has 2 N–H and O–H groups in total. The van der Waals surface area contributed by atoms with Crippen LogP contribution in [0.1, 0.15) is 121 Å². The van der Waals surface area contributed by atoms with Gasteiger partial charge in [-0.15, -0.1) is 69.8 Å². The van der Waals surface area contributed by atoms with Crippen LogP contribution in [0, 0.1) is 57.6 Å². The van der Waals surface area contributed by atoms with Crippen LogP contribution in [-0.4, -0.2) is 31.7 Å². The molecule has 1 aliphatic carbocycles. The average Bonchev–Trinajstić information content (AvgIpc) is 1.63. The molecular weight excluding hydrogens is 1390 g/mol. The standard InChI is InChI=1S/C32H26N.C27H24NO.C11H20O2.C5H8O2.2Ir/c1-20-14-21(2)16-23(15-20)30-18-25(22-10-6-5-7-11-22)27-17-26-24-12-8-9-13-28(24)32(3,4)29(26)19-31(27)33-30;1-16(2)9-19-13-24(20-11-17(3)10-18(4)12-20)28-25-15-27-23(14-22(19)25)21-7-5-6-8-26(21)29-27;1-8(2)5-10(12)7-11(13)6-9(3)4;1-4(6)3-5(2)7;;/h5-15,17-19H,1-4H3;5-8,10-11,13-16H,9H2,1-4H3;7-9,12H,5-6H2,1-4H3;3,6H,1-2H3;;/q2*-1;;;;. The Balaban J connectivity index is 0.000000202. The molecule has 0 atom stereocenters. The zero-order chi connectivity index (χ0) is 59.2. The molecule has 0 bridgehead atoms. The summed E-state index contributed by atoms with van der Waals surface area (Å²) < 4.78 is 6.12. The zero-order valence-corrected chi connectivity index (χ0v) is 55.8. The van der Waals surface area contributed by atoms with E-state index in [1.165, 1.54) is 86.8 Å². The number of pyridine rings is 2. The van der Waals surface area contributed by atoms with Crippen molar-refractivity contribution in [3.63, 3.8) is 0 Å². The predicted octanol–water partition coefficient (Wildman–Crippen LogP) is 19.8. The molecule has 7 aromatic carbocycles. The van der Waals surface area contributed by atoms with E-state index in [4.69, 9.17) is 19.5 Å². The van der Waals surface area contributed by atoms with E-state index in [1.54, 1.807) is 0 Å². The van der Waals surface area contributed by atoms with Crippen LogP contribution in [-0.2, 0) is 61.6 Å². The van der Waals surface area contributed by atoms with Gasteiger partial charge in [-0.3, -0.25) is 19.6 Å². The summed E-state index contributed by atoms with van der Waals surface area (Å²) in [5, 5.41) is 22.4. The van der Waals surface area contributed by atoms with Gasteiger partial charge in [0.1, 0.15) is 11.2 Å². The number of aryl methyl sites for hydroxylation is 4. The number of aliphatic hydroxyl groups is 2. The minimum absolute atomic E-state index is 0. The van der Waals surface area contributed by atoms with Gasteiger partial charge in [0, 0.05) is 98.2 Å². The van der Waals surface area contributed by atoms with Gasteiger partial charge in [0.05, 0.1) is 22.6 Å². The number of aliphatic hydroxyl groups excluding tert-OH is 2. The molecule has 84 heavy (non-hydrogen) atoms. The van der Waals surface area contributed by atoms with Crippen molar-refractivity contribution in [1.82, 2.24) is 9.97 Å². The van der Waals surface area contributed by atoms with Gasteiger partial charge >= 0.3 is 0 Å². The number of aromatic nitrogens is 2. The van der Waals surface area contributed by atoms with Crippen molar-refractivity contribution in [1.29, 1.82) is 0 Å². The van der Waals surface area contributed by atoms with Crippen LogP contribution in [0.5, 0.6) is 0 Å². The number of fused-ring (bicyclic) bond motifs is 8. The van der Waals surface area contributed by atoms with Crippen LogP contribution in [0.4, 0.5) is 0 Å². The predicted molar refractivity (Wildman–Crippen MR) is 341 cm³/mol. The van der Waals surface area contributed by atoms with E-state index in [0.717, 1.165) is 73.0 Å². The van der Waals surface area contributed by atoms with Crippen molar-refractivity contribution < 1.29 is 64.4 Å². The van der Waals surface area contributed by atoms with E-state index in [0.29, 0.717) is 30.6 Å². The molecule has 0 fully saturated rings. The minimum Gasteiger partial charge on any atom is -0.512 e. The molecule has 0 aliphatic heterocycles. The average molecular weight is 1470 g/mol. The molecule has 0 spiro atoms. The summed E-state index contributed by atoms with van der Waals surface area (Å²) in [5.74, 6) is 1.48. The molecule has 9 heteroatoms. The van der Waals surface area contributed by atoms with Gasteiger partial charge in [0.2, 0.25) is 0 Å². The quantitative estimate of drug-likeness (QED) is 0.0753. The second-order valence-electron chi connectivity index (χ2n) is 23.9. The van der Waals surface area contributed by atoms with Crippen LogP contribution in [0.2, 0.25) is 0 Å². The summed E-state index contributed by atoms with van der Waals surface area (Å²) in [5.41, 5.74) is 21.8. The first-order chi connectivity index (χ1) is 38.9. The fourth-order valence-corrected chi connectivity index (χ4v) is 11.2. The van der Waals surface area contributed by atoms with Crippen LogP contribution in [0.25, 0.3) is 88.5 Å². The fourth-order valence-electron chi connectivity index (χ4n) is 11.2. The molecule has 1 aliphatic rings. The molecule has 0 saturated heterocycles. The molecule has 0 amide bonds. The Morgan fingerprint density at radius 3 is 1.69 bits per heavy atom. The van der Waals surface area contributed by atoms with E-state index >= 15 is 0 Å². The number of hydrogen-bond acceptors (Lipinski definition) is 7. The van der Waals surface area contributed by atoms with E-state index in [1.807, 2.05) is 39.8 Å². The van der Waals surface area contributed by atoms with Crippen molar-refractivity contribution in [3.05, 3.63) is 214 Å². The van der Waals surface area contributed by atoms with Crippen molar-refractivity contribution in [3.8, 4) is 44.8 Å². The molecule has 0 unspecified atom stereocenters. The maximum atomic E-state index is 11.2. The maximum absolute atomic E-state index is 11.2. The minimum atomic E-state index is -0.125. The Morgan fingerprint density at radius 2 is 1.12 bits per heavy atom. The third kappa shape index (κ3) is 16.2. The largest absolute Gasteiger partial charge is 0.512 e. The van der Waals surface area contributed by atoms with E-state index in [-0.39, 0.29) is 68.7 Å². The van der Waals surface area contributed by atoms with Gasteiger partial charge < -0.3 is 14.6 Å². The smallest absolute Gasteiger partial charge is 0.159 e. The van der Waals surface area contributed by atoms with E-state index < -0.39 is 0 Å². The SMILES string of the molecule is CC(=O)C=C(C)O.CC(C)CC(=O)C=C(O)CC(C)C.Cc1[c-]c(-c2cc(-c3ccccc3)c3cc4c(cc3n2)C(C)(C)c2ccccc2-4)cc(C)c1.Cc1[c-]c(-c2cc(CC(C)C)c3cc4c(cc3n2)oc2ccccc24)cc(C)c1.[Ir].[Ir]. The Hall–Kier alpha value is -7.12. The molecular formula is C75H78Ir2N2O5-2. The molecule has 2 radical (unpaired) electrons. The second kappa shape index (κ2) is 28.6. The third-order valence-electron chi connectivity index (χ3n) is 14.4. The molecule has 438 valence electrons. The number of nitrogens with zero attached hydrogens (tertiary/aromatic N) is 2. The summed E-state index contributed by atoms with van der Waals surface area (Å²) in [6.45, 7) is 28.5. The van der Waals surface area contributed by atoms with Gasteiger partial charge in [-0.1, -0.05) is 168 Å². The number of furan rings is 1. The monoisotopic (exact) mass is 1470 g/mol. The Labute approximate surface area is 524 Å². The zero-order valence-electron chi connectivity index (χ0n) is 51.0. The maximum Gasteiger partial charge on any atom is 0.159 e. The number of para-hydroxylation sites is 1. The molecule has 10 aromatic rings. The van der Waals surface area contributed by atoms with Gasteiger partial charge in [0.25, 0.3) is 0 Å². The van der Waals surface area contributed by atoms with Crippen molar-refractivity contribution in [2.75, 3.05) is 0 Å². The van der Waals surface area contributed by atoms with Crippen molar-refractivity contribution >= 4 is 55.3 Å². The number of carbonyl (C=O) groups is 2. The third-order valence-corrected chi connectivity index (χ3v) is 14.4. The topological polar surface area (TPSA) is 114 Å². The molecule has 11 rings (SSSR count). The summed E-state index contributed by atoms with van der Waals surface area (Å²) in [7, 11) is 0. The first-order valence-corrected chi connectivity index (χ1v) is 28.7. The summed E-state index contributed by atoms with van der Waals surface area (Å²) in [6.07, 6.45) is 4.64. The molecule has 3 aromatic heterocycles. The number of benzene rings is 7. The van der Waals surface area contributed by atoms with Crippen LogP contribution in [0.3, 0.4) is 0 Å². The van der Waals surface area contributed by atoms with Crippen LogP contribution >= 0.6 is 0 Å². The first-order valence-electron chi connectivity index (χ1n) is 28.7. The van der Waals surface area contributed by atoms with Crippen LogP contribution < -0.4 is 0 Å². The molecule has 0 saturated carbocycles. The van der Waals surface area contributed by atoms with Crippen LogP contribution in [0.15, 0.2) is 168 Å². The van der Waals surface area contributed by atoms with Gasteiger partial charge in [-0.25, -0.2) is 0 Å². The number of ketones is 2. The first kappa shape index (κ1) is 66.0. The van der Waals surface area contributed by atoms with Crippen molar-refractivity contribution in [2.24, 2.45) is 17.8 Å². The van der Waals surface area contributed by atoms with Crippen molar-refractivity contribution in [2.45, 2.75) is 122 Å². The van der Waals surface area contributed by atoms with Gasteiger partial charge in [-0.2, -0.15) is 0 Å². The number of carbonyl (C=O) groups excluding carboxylic acids is 2. The number of rotatable bonds is 11. The van der Waals surface area contributed by atoms with E-state index in [9.17, 15) is 14.7 Å². The van der Waals surface area contributed by atoms with Gasteiger partial charge in [0.15, 0.2) is 11.6 Å². The molecule has 7 nitrogen and oxygen atoms in total. The number of hydrogen-bond donors (Lipinski definition) is 2. The number of allylic oxidation sites excluding steroid dienone is 4. The van der Waals surface area contributed by atoms with E-state index in [2.05, 4.69) is 195 Å². The Morgan fingerprint density at radius 1 is 0.548 bits per heavy atom.